The minimum absolute atomic E-state index is 0.0432. The summed E-state index contributed by atoms with van der Waals surface area (Å²) < 4.78 is 15.5. The summed E-state index contributed by atoms with van der Waals surface area (Å²) in [4.78, 5) is 36.4. The van der Waals surface area contributed by atoms with Crippen LogP contribution in [0.2, 0.25) is 0 Å². The van der Waals surface area contributed by atoms with Gasteiger partial charge in [-0.1, -0.05) is 12.1 Å². The summed E-state index contributed by atoms with van der Waals surface area (Å²) in [5.74, 6) is -1.35. The Morgan fingerprint density at radius 3 is 2.25 bits per heavy atom. The van der Waals surface area contributed by atoms with E-state index in [1.807, 2.05) is 0 Å². The third-order valence-electron chi connectivity index (χ3n) is 4.01. The number of benzene rings is 2. The molecule has 0 aliphatic rings. The highest BCUT2D eigenvalue weighted by Crippen LogP contribution is 2.41. The molecule has 2 rings (SSSR count). The molecule has 0 aromatic heterocycles. The average Bonchev–Trinajstić information content (AvgIpc) is 2.65. The van der Waals surface area contributed by atoms with E-state index in [1.54, 1.807) is 26.8 Å². The average molecular weight is 387 g/mol. The van der Waals surface area contributed by atoms with Crippen LogP contribution >= 0.6 is 0 Å². The Balaban J connectivity index is 3.01. The number of carbonyl (C=O) groups is 2. The van der Waals surface area contributed by atoms with Gasteiger partial charge in [-0.25, -0.2) is 9.59 Å². The van der Waals surface area contributed by atoms with Gasteiger partial charge in [0.15, 0.2) is 0 Å². The van der Waals surface area contributed by atoms with Crippen molar-refractivity contribution in [1.82, 2.24) is 0 Å². The highest BCUT2D eigenvalue weighted by molar-refractivity contribution is 6.09. The van der Waals surface area contributed by atoms with Gasteiger partial charge in [-0.2, -0.15) is 0 Å². The van der Waals surface area contributed by atoms with Crippen molar-refractivity contribution < 1.29 is 28.7 Å². The second-order valence-corrected chi connectivity index (χ2v) is 6.24. The molecule has 0 unspecified atom stereocenters. The lowest BCUT2D eigenvalue weighted by Gasteiger charge is -2.19. The first-order chi connectivity index (χ1) is 13.2. The summed E-state index contributed by atoms with van der Waals surface area (Å²) in [7, 11) is 2.54. The number of para-hydroxylation sites is 1. The molecule has 0 amide bonds. The molecule has 0 fully saturated rings. The van der Waals surface area contributed by atoms with Crippen molar-refractivity contribution in [2.75, 3.05) is 14.2 Å². The molecule has 148 valence electrons. The van der Waals surface area contributed by atoms with E-state index in [9.17, 15) is 19.7 Å². The number of nitro groups is 1. The third kappa shape index (κ3) is 3.95. The Hall–Kier alpha value is -3.42. The maximum absolute atomic E-state index is 12.8. The Labute approximate surface area is 162 Å². The fraction of sp³-hybridized carbons (Fsp3) is 0.300. The van der Waals surface area contributed by atoms with Crippen molar-refractivity contribution in [2.45, 2.75) is 26.9 Å². The van der Waals surface area contributed by atoms with Crippen LogP contribution in [0.4, 0.5) is 5.69 Å². The van der Waals surface area contributed by atoms with Crippen LogP contribution in [0, 0.1) is 17.0 Å². The second kappa shape index (κ2) is 8.51. The molecule has 2 aromatic rings. The van der Waals surface area contributed by atoms with Crippen LogP contribution in [-0.2, 0) is 9.47 Å². The molecule has 0 aliphatic carbocycles. The highest BCUT2D eigenvalue weighted by atomic mass is 16.6. The quantitative estimate of drug-likeness (QED) is 0.420. The number of ether oxygens (including phenoxy) is 3. The Bertz CT molecular complexity index is 934. The number of carbonyl (C=O) groups excluding carboxylic acids is 2. The van der Waals surface area contributed by atoms with Gasteiger partial charge in [0.2, 0.25) is 0 Å². The number of nitro benzene ring substituents is 1. The van der Waals surface area contributed by atoms with Gasteiger partial charge < -0.3 is 14.2 Å². The molecule has 28 heavy (non-hydrogen) atoms. The zero-order chi connectivity index (χ0) is 21.0. The number of rotatable bonds is 6. The fourth-order valence-corrected chi connectivity index (χ4v) is 2.90. The van der Waals surface area contributed by atoms with Crippen molar-refractivity contribution in [3.05, 3.63) is 57.1 Å². The second-order valence-electron chi connectivity index (χ2n) is 6.24. The van der Waals surface area contributed by atoms with E-state index in [0.29, 0.717) is 5.56 Å². The first-order valence-corrected chi connectivity index (χ1v) is 8.47. The molecule has 8 nitrogen and oxygen atoms in total. The SMILES string of the molecule is COC(=O)c1c(OC)cc(C)c(C(=O)OC(C)C)c1-c1ccccc1[N+](=O)[O-]. The Morgan fingerprint density at radius 1 is 1.07 bits per heavy atom. The lowest BCUT2D eigenvalue weighted by atomic mass is 9.89. The minimum atomic E-state index is -0.788. The monoisotopic (exact) mass is 387 g/mol. The zero-order valence-corrected chi connectivity index (χ0v) is 16.3. The standard InChI is InChI=1S/C20H21NO7/c1-11(2)28-20(23)16-12(3)10-15(26-4)18(19(22)27-5)17(16)13-8-6-7-9-14(13)21(24)25/h6-11H,1-5H3. The van der Waals surface area contributed by atoms with E-state index in [1.165, 1.54) is 38.5 Å². The number of aryl methyl sites for hydroxylation is 1. The Kier molecular flexibility index (Phi) is 6.35. The summed E-state index contributed by atoms with van der Waals surface area (Å²) in [6.07, 6.45) is -0.422. The van der Waals surface area contributed by atoms with Gasteiger partial charge in [-0.3, -0.25) is 10.1 Å². The van der Waals surface area contributed by atoms with Crippen molar-refractivity contribution in [3.8, 4) is 16.9 Å². The van der Waals surface area contributed by atoms with Gasteiger partial charge in [0.1, 0.15) is 11.3 Å². The predicted molar refractivity (Wildman–Crippen MR) is 102 cm³/mol. The molecule has 0 saturated carbocycles. The van der Waals surface area contributed by atoms with Crippen LogP contribution in [0.5, 0.6) is 5.75 Å². The maximum atomic E-state index is 12.8. The lowest BCUT2D eigenvalue weighted by molar-refractivity contribution is -0.384. The molecule has 0 aliphatic heterocycles. The summed E-state index contributed by atoms with van der Waals surface area (Å²) in [6, 6.07) is 7.34. The maximum Gasteiger partial charge on any atom is 0.342 e. The number of methoxy groups -OCH3 is 2. The minimum Gasteiger partial charge on any atom is -0.496 e. The number of hydrogen-bond donors (Lipinski definition) is 0. The van der Waals surface area contributed by atoms with E-state index >= 15 is 0 Å². The van der Waals surface area contributed by atoms with Gasteiger partial charge in [-0.15, -0.1) is 0 Å². The molecule has 2 aromatic carbocycles. The fourth-order valence-electron chi connectivity index (χ4n) is 2.90. The van der Waals surface area contributed by atoms with Gasteiger partial charge >= 0.3 is 11.9 Å². The summed E-state index contributed by atoms with van der Waals surface area (Å²) in [5, 5.41) is 11.6. The summed E-state index contributed by atoms with van der Waals surface area (Å²) >= 11 is 0. The molecule has 0 heterocycles. The molecule has 8 heteroatoms. The van der Waals surface area contributed by atoms with Gasteiger partial charge in [-0.05, 0) is 38.5 Å². The van der Waals surface area contributed by atoms with E-state index < -0.39 is 23.0 Å². The van der Waals surface area contributed by atoms with Crippen LogP contribution in [0.1, 0.15) is 40.1 Å². The molecular weight excluding hydrogens is 366 g/mol. The third-order valence-corrected chi connectivity index (χ3v) is 4.01. The van der Waals surface area contributed by atoms with Crippen LogP contribution in [0.25, 0.3) is 11.1 Å². The van der Waals surface area contributed by atoms with Crippen molar-refractivity contribution in [1.29, 1.82) is 0 Å². The van der Waals surface area contributed by atoms with Gasteiger partial charge in [0.25, 0.3) is 5.69 Å². The normalized spacial score (nSPS) is 10.5. The van der Waals surface area contributed by atoms with Crippen LogP contribution < -0.4 is 4.74 Å². The zero-order valence-electron chi connectivity index (χ0n) is 16.3. The molecule has 0 spiro atoms. The van der Waals surface area contributed by atoms with Crippen LogP contribution in [0.15, 0.2) is 30.3 Å². The molecule has 0 atom stereocenters. The summed E-state index contributed by atoms with van der Waals surface area (Å²) in [5.41, 5.74) is 0.277. The largest absolute Gasteiger partial charge is 0.496 e. The lowest BCUT2D eigenvalue weighted by Crippen LogP contribution is -2.17. The van der Waals surface area contributed by atoms with E-state index in [-0.39, 0.29) is 33.7 Å². The van der Waals surface area contributed by atoms with Gasteiger partial charge in [0.05, 0.1) is 36.4 Å². The Morgan fingerprint density at radius 2 is 1.71 bits per heavy atom. The molecule has 0 N–H and O–H groups in total. The van der Waals surface area contributed by atoms with Gasteiger partial charge in [0, 0.05) is 11.6 Å². The number of nitrogens with zero attached hydrogens (tertiary/aromatic N) is 1. The van der Waals surface area contributed by atoms with Crippen molar-refractivity contribution in [2.24, 2.45) is 0 Å². The first kappa shape index (κ1) is 20.9. The highest BCUT2D eigenvalue weighted by Gasteiger charge is 2.31. The smallest absolute Gasteiger partial charge is 0.342 e. The summed E-state index contributed by atoms with van der Waals surface area (Å²) in [6.45, 7) is 5.00. The molecular formula is C20H21NO7. The number of esters is 2. The topological polar surface area (TPSA) is 105 Å². The van der Waals surface area contributed by atoms with Crippen LogP contribution in [0.3, 0.4) is 0 Å². The molecule has 0 radical (unpaired) electrons. The molecule has 0 bridgehead atoms. The van der Waals surface area contributed by atoms with Crippen molar-refractivity contribution >= 4 is 17.6 Å². The first-order valence-electron chi connectivity index (χ1n) is 8.47. The predicted octanol–water partition coefficient (Wildman–Crippen LogP) is 3.93. The van der Waals surface area contributed by atoms with Crippen LogP contribution in [-0.4, -0.2) is 37.2 Å². The molecule has 0 saturated heterocycles. The number of hydrogen-bond acceptors (Lipinski definition) is 7. The van der Waals surface area contributed by atoms with Crippen molar-refractivity contribution in [3.63, 3.8) is 0 Å². The van der Waals surface area contributed by atoms with E-state index in [0.717, 1.165) is 0 Å². The van der Waals surface area contributed by atoms with E-state index in [4.69, 9.17) is 14.2 Å². The van der Waals surface area contributed by atoms with E-state index in [2.05, 4.69) is 0 Å².